The number of likely N-dealkylation sites (N-methyl/N-ethyl adjacent to an activating group) is 2. The number of nitrogens with one attached hydrogen (secondary N) is 1. The molecule has 0 bridgehead atoms. The Hall–Kier alpha value is -2.95. The molecule has 5 rings (SSSR count). The first-order valence-electron chi connectivity index (χ1n) is 15.0. The number of ether oxygens (including phenoxy) is 1. The van der Waals surface area contributed by atoms with Gasteiger partial charge in [-0.15, -0.1) is 0 Å². The summed E-state index contributed by atoms with van der Waals surface area (Å²) in [6.07, 6.45) is 6.53. The molecule has 1 saturated carbocycles. The lowest BCUT2D eigenvalue weighted by molar-refractivity contribution is 0.0841. The predicted octanol–water partition coefficient (Wildman–Crippen LogP) is 5.72. The molecule has 42 heavy (non-hydrogen) atoms. The maximum atomic E-state index is 15.9. The number of hydrogen-bond donors (Lipinski definition) is 1. The van der Waals surface area contributed by atoms with Crippen LogP contribution in [0.4, 0.5) is 4.39 Å². The van der Waals surface area contributed by atoms with Crippen LogP contribution in [0.2, 0.25) is 0 Å². The third-order valence-corrected chi connectivity index (χ3v) is 10.0. The third kappa shape index (κ3) is 6.35. The number of carbonyl (C=O) groups excluding carboxylic acids is 1. The van der Waals surface area contributed by atoms with Crippen LogP contribution in [0.1, 0.15) is 74.2 Å². The topological polar surface area (TPSA) is 83.9 Å². The lowest BCUT2D eigenvalue weighted by Gasteiger charge is -2.29. The van der Waals surface area contributed by atoms with Crippen molar-refractivity contribution in [2.45, 2.75) is 70.5 Å². The third-order valence-electron chi connectivity index (χ3n) is 8.57. The van der Waals surface area contributed by atoms with Gasteiger partial charge in [0.15, 0.2) is 5.67 Å². The van der Waals surface area contributed by atoms with Gasteiger partial charge in [-0.05, 0) is 75.5 Å². The van der Waals surface area contributed by atoms with Crippen LogP contribution in [-0.2, 0) is 16.8 Å². The SMILES string of the molecule is CCCN(C)CCN(C)S(=O)(=O)NC(=O)c1ccc2c(C3CCCCC3)c3n(c2c1)CC(C)(F)COc1ccccc1-3. The van der Waals surface area contributed by atoms with Crippen LogP contribution in [0.15, 0.2) is 42.5 Å². The Morgan fingerprint density at radius 2 is 1.83 bits per heavy atom. The predicted molar refractivity (Wildman–Crippen MR) is 165 cm³/mol. The molecule has 1 N–H and O–H groups in total. The number of alkyl halides is 1. The molecule has 10 heteroatoms. The molecule has 1 aromatic heterocycles. The minimum atomic E-state index is -4.05. The van der Waals surface area contributed by atoms with Gasteiger partial charge in [0, 0.05) is 42.2 Å². The van der Waals surface area contributed by atoms with E-state index in [1.165, 1.54) is 20.4 Å². The van der Waals surface area contributed by atoms with E-state index in [1.54, 1.807) is 12.1 Å². The molecule has 1 amide bonds. The fourth-order valence-electron chi connectivity index (χ4n) is 6.35. The fraction of sp³-hybridized carbons (Fsp3) is 0.531. The molecule has 0 saturated heterocycles. The van der Waals surface area contributed by atoms with E-state index in [0.29, 0.717) is 18.2 Å². The van der Waals surface area contributed by atoms with Crippen molar-refractivity contribution in [3.8, 4) is 17.0 Å². The molecular weight excluding hydrogens is 555 g/mol. The van der Waals surface area contributed by atoms with E-state index in [-0.39, 0.29) is 25.3 Å². The molecule has 2 aromatic carbocycles. The van der Waals surface area contributed by atoms with Crippen molar-refractivity contribution in [2.24, 2.45) is 0 Å². The van der Waals surface area contributed by atoms with E-state index in [4.69, 9.17) is 4.74 Å². The second-order valence-electron chi connectivity index (χ2n) is 12.2. The summed E-state index contributed by atoms with van der Waals surface area (Å²) >= 11 is 0. The molecule has 1 unspecified atom stereocenters. The van der Waals surface area contributed by atoms with Gasteiger partial charge in [-0.1, -0.05) is 44.4 Å². The average molecular weight is 599 g/mol. The smallest absolute Gasteiger partial charge is 0.303 e. The van der Waals surface area contributed by atoms with Crippen LogP contribution in [0.25, 0.3) is 22.2 Å². The van der Waals surface area contributed by atoms with Gasteiger partial charge in [0.2, 0.25) is 0 Å². The molecule has 8 nitrogen and oxygen atoms in total. The van der Waals surface area contributed by atoms with Crippen molar-refractivity contribution in [3.63, 3.8) is 0 Å². The fourth-order valence-corrected chi connectivity index (χ4v) is 7.18. The van der Waals surface area contributed by atoms with Crippen molar-refractivity contribution in [1.82, 2.24) is 18.5 Å². The van der Waals surface area contributed by atoms with Crippen molar-refractivity contribution < 1.29 is 22.3 Å². The number of amides is 1. The number of aromatic nitrogens is 1. The van der Waals surface area contributed by atoms with Crippen molar-refractivity contribution in [3.05, 3.63) is 53.6 Å². The van der Waals surface area contributed by atoms with Crippen LogP contribution in [-0.4, -0.2) is 74.1 Å². The van der Waals surface area contributed by atoms with Crippen LogP contribution in [0, 0.1) is 0 Å². The Bertz CT molecular complexity index is 1550. The highest BCUT2D eigenvalue weighted by molar-refractivity contribution is 7.87. The lowest BCUT2D eigenvalue weighted by atomic mass is 9.81. The van der Waals surface area contributed by atoms with Gasteiger partial charge in [-0.3, -0.25) is 4.79 Å². The minimum Gasteiger partial charge on any atom is -0.489 e. The monoisotopic (exact) mass is 598 g/mol. The van der Waals surface area contributed by atoms with Gasteiger partial charge in [-0.2, -0.15) is 12.7 Å². The second-order valence-corrected chi connectivity index (χ2v) is 14.0. The Balaban J connectivity index is 1.56. The quantitative estimate of drug-likeness (QED) is 0.341. The van der Waals surface area contributed by atoms with E-state index in [1.807, 2.05) is 46.8 Å². The molecule has 1 fully saturated rings. The first-order valence-corrected chi connectivity index (χ1v) is 16.5. The zero-order chi connectivity index (χ0) is 30.1. The number of carbonyl (C=O) groups is 1. The van der Waals surface area contributed by atoms with Crippen LogP contribution < -0.4 is 9.46 Å². The van der Waals surface area contributed by atoms with Crippen LogP contribution in [0.5, 0.6) is 5.75 Å². The molecule has 0 spiro atoms. The molecule has 3 aromatic rings. The van der Waals surface area contributed by atoms with Crippen molar-refractivity contribution in [1.29, 1.82) is 0 Å². The minimum absolute atomic E-state index is 0.0529. The highest BCUT2D eigenvalue weighted by atomic mass is 32.2. The molecule has 0 radical (unpaired) electrons. The highest BCUT2D eigenvalue weighted by Crippen LogP contribution is 2.47. The Labute approximate surface area is 249 Å². The maximum Gasteiger partial charge on any atom is 0.303 e. The van der Waals surface area contributed by atoms with Gasteiger partial charge in [-0.25, -0.2) is 9.11 Å². The van der Waals surface area contributed by atoms with Gasteiger partial charge >= 0.3 is 10.2 Å². The summed E-state index contributed by atoms with van der Waals surface area (Å²) in [6.45, 7) is 5.23. The van der Waals surface area contributed by atoms with Crippen LogP contribution in [0.3, 0.4) is 0 Å². The molecular formula is C32H43FN4O4S. The highest BCUT2D eigenvalue weighted by Gasteiger charge is 2.35. The first kappa shape index (κ1) is 30.5. The van der Waals surface area contributed by atoms with Crippen molar-refractivity contribution >= 4 is 27.0 Å². The molecule has 1 atom stereocenters. The Morgan fingerprint density at radius 1 is 1.10 bits per heavy atom. The van der Waals surface area contributed by atoms with E-state index in [9.17, 15) is 13.2 Å². The van der Waals surface area contributed by atoms with Gasteiger partial charge in [0.05, 0.1) is 12.2 Å². The van der Waals surface area contributed by atoms with Gasteiger partial charge in [0.1, 0.15) is 12.4 Å². The summed E-state index contributed by atoms with van der Waals surface area (Å²) in [5.74, 6) is 0.229. The Kier molecular flexibility index (Phi) is 8.97. The molecule has 228 valence electrons. The van der Waals surface area contributed by atoms with E-state index in [2.05, 4.69) is 11.6 Å². The van der Waals surface area contributed by atoms with E-state index >= 15 is 4.39 Å². The average Bonchev–Trinajstić information content (AvgIpc) is 3.26. The molecule has 1 aliphatic carbocycles. The van der Waals surface area contributed by atoms with Crippen LogP contribution >= 0.6 is 0 Å². The lowest BCUT2D eigenvalue weighted by Crippen LogP contribution is -2.44. The van der Waals surface area contributed by atoms with Crippen molar-refractivity contribution in [2.75, 3.05) is 40.3 Å². The number of nitrogens with zero attached hydrogens (tertiary/aromatic N) is 3. The number of para-hydroxylation sites is 1. The zero-order valence-corrected chi connectivity index (χ0v) is 26.0. The van der Waals surface area contributed by atoms with E-state index in [0.717, 1.165) is 70.7 Å². The molecule has 2 aliphatic rings. The van der Waals surface area contributed by atoms with E-state index < -0.39 is 21.8 Å². The largest absolute Gasteiger partial charge is 0.489 e. The number of halogens is 1. The number of benzene rings is 2. The summed E-state index contributed by atoms with van der Waals surface area (Å²) in [7, 11) is -0.642. The first-order chi connectivity index (χ1) is 20.0. The molecule has 2 heterocycles. The summed E-state index contributed by atoms with van der Waals surface area (Å²) in [4.78, 5) is 15.4. The summed E-state index contributed by atoms with van der Waals surface area (Å²) in [6, 6.07) is 13.0. The summed E-state index contributed by atoms with van der Waals surface area (Å²) in [5.41, 5.74) is 2.28. The zero-order valence-electron chi connectivity index (χ0n) is 25.2. The number of rotatable bonds is 9. The van der Waals surface area contributed by atoms with Gasteiger partial charge < -0.3 is 14.2 Å². The summed E-state index contributed by atoms with van der Waals surface area (Å²) < 4.78 is 53.3. The normalized spacial score (nSPS) is 19.7. The Morgan fingerprint density at radius 3 is 2.57 bits per heavy atom. The number of hydrogen-bond acceptors (Lipinski definition) is 5. The standard InChI is InChI=1S/C32H43FN4O4S/c1-5-17-35(3)18-19-36(4)42(39,40)34-31(38)24-15-16-25-27(20-24)37-21-32(2,33)22-41-28-14-10-9-13-26(28)30(37)29(25)23-11-7-6-8-12-23/h9-10,13-16,20,23H,5-8,11-12,17-19,21-22H2,1-4H3,(H,34,38). The summed E-state index contributed by atoms with van der Waals surface area (Å²) in [5, 5.41) is 0.972. The van der Waals surface area contributed by atoms with Gasteiger partial charge in [0.25, 0.3) is 5.91 Å². The second kappa shape index (κ2) is 12.3. The number of fused-ring (bicyclic) bond motifs is 5. The maximum absolute atomic E-state index is 15.9. The molecule has 1 aliphatic heterocycles.